The summed E-state index contributed by atoms with van der Waals surface area (Å²) in [5, 5.41) is 7.45. The molecule has 7 nitrogen and oxygen atoms in total. The van der Waals surface area contributed by atoms with Gasteiger partial charge in [0.15, 0.2) is 5.65 Å². The maximum Gasteiger partial charge on any atom is 0.264 e. The predicted octanol–water partition coefficient (Wildman–Crippen LogP) is 2.83. The highest BCUT2D eigenvalue weighted by molar-refractivity contribution is 5.94. The van der Waals surface area contributed by atoms with Crippen LogP contribution in [-0.2, 0) is 13.1 Å². The molecule has 0 unspecified atom stereocenters. The Morgan fingerprint density at radius 2 is 1.87 bits per heavy atom. The van der Waals surface area contributed by atoms with Gasteiger partial charge in [-0.15, -0.1) is 0 Å². The molecule has 0 fully saturated rings. The Morgan fingerprint density at radius 3 is 2.61 bits per heavy atom. The van der Waals surface area contributed by atoms with Gasteiger partial charge in [0.2, 0.25) is 0 Å². The van der Waals surface area contributed by atoms with Crippen molar-refractivity contribution in [2.24, 2.45) is 0 Å². The van der Waals surface area contributed by atoms with E-state index in [1.807, 2.05) is 32.0 Å². The normalized spacial score (nSPS) is 11.1. The number of carbonyl (C=O) groups excluding carboxylic acids is 1. The molecule has 4 rings (SSSR count). The first-order chi connectivity index (χ1) is 14.9. The van der Waals surface area contributed by atoms with Crippen LogP contribution in [0.3, 0.4) is 0 Å². The van der Waals surface area contributed by atoms with Crippen molar-refractivity contribution < 1.29 is 9.18 Å². The Bertz CT molecular complexity index is 1310. The van der Waals surface area contributed by atoms with Crippen molar-refractivity contribution in [2.75, 3.05) is 6.54 Å². The maximum atomic E-state index is 13.9. The van der Waals surface area contributed by atoms with E-state index >= 15 is 0 Å². The number of fused-ring (bicyclic) bond motifs is 1. The van der Waals surface area contributed by atoms with E-state index in [9.17, 15) is 14.0 Å². The molecule has 0 radical (unpaired) electrons. The van der Waals surface area contributed by atoms with Gasteiger partial charge in [-0.3, -0.25) is 14.2 Å². The number of rotatable bonds is 6. The van der Waals surface area contributed by atoms with Crippen LogP contribution in [0.1, 0.15) is 27.0 Å². The zero-order chi connectivity index (χ0) is 22.0. The van der Waals surface area contributed by atoms with Gasteiger partial charge < -0.3 is 5.32 Å². The first kappa shape index (κ1) is 20.5. The Morgan fingerprint density at radius 1 is 1.13 bits per heavy atom. The predicted molar refractivity (Wildman–Crippen MR) is 116 cm³/mol. The number of hydrogen-bond acceptors (Lipinski definition) is 4. The molecule has 4 aromatic rings. The average Bonchev–Trinajstić information content (AvgIpc) is 3.14. The van der Waals surface area contributed by atoms with Crippen LogP contribution in [-0.4, -0.2) is 31.8 Å². The standard InChI is InChI=1S/C23H22FN5O2/c1-15-9-16(2)11-18(10-15)22(30)25-7-8-29-21-19(12-27-29)23(31)28(14-26-21)13-17-5-3-4-6-20(17)24/h3-6,9-12,14H,7-8,13H2,1-2H3,(H,25,30). The minimum Gasteiger partial charge on any atom is -0.350 e. The highest BCUT2D eigenvalue weighted by Gasteiger charge is 2.12. The topological polar surface area (TPSA) is 81.8 Å². The lowest BCUT2D eigenvalue weighted by Crippen LogP contribution is -2.28. The monoisotopic (exact) mass is 419 g/mol. The van der Waals surface area contributed by atoms with E-state index in [-0.39, 0.29) is 23.8 Å². The molecule has 0 aliphatic rings. The van der Waals surface area contributed by atoms with Crippen LogP contribution in [0, 0.1) is 19.7 Å². The van der Waals surface area contributed by atoms with E-state index in [0.29, 0.717) is 35.2 Å². The highest BCUT2D eigenvalue weighted by Crippen LogP contribution is 2.11. The molecule has 1 amide bonds. The zero-order valence-corrected chi connectivity index (χ0v) is 17.3. The number of hydrogen-bond donors (Lipinski definition) is 1. The van der Waals surface area contributed by atoms with E-state index < -0.39 is 0 Å². The van der Waals surface area contributed by atoms with Gasteiger partial charge in [-0.1, -0.05) is 35.4 Å². The van der Waals surface area contributed by atoms with Crippen LogP contribution in [0.15, 0.2) is 59.8 Å². The fraction of sp³-hybridized carbons (Fsp3) is 0.217. The molecule has 0 atom stereocenters. The van der Waals surface area contributed by atoms with E-state index in [1.165, 1.54) is 23.2 Å². The first-order valence-corrected chi connectivity index (χ1v) is 9.93. The van der Waals surface area contributed by atoms with Gasteiger partial charge in [0, 0.05) is 17.7 Å². The van der Waals surface area contributed by atoms with Gasteiger partial charge in [0.25, 0.3) is 11.5 Å². The minimum absolute atomic E-state index is 0.0889. The Balaban J connectivity index is 1.47. The van der Waals surface area contributed by atoms with Crippen molar-refractivity contribution in [1.29, 1.82) is 0 Å². The SMILES string of the molecule is Cc1cc(C)cc(C(=O)NCCn2ncc3c(=O)n(Cc4ccccc4F)cnc32)c1. The van der Waals surface area contributed by atoms with Gasteiger partial charge in [-0.25, -0.2) is 14.1 Å². The smallest absolute Gasteiger partial charge is 0.264 e. The largest absolute Gasteiger partial charge is 0.350 e. The summed E-state index contributed by atoms with van der Waals surface area (Å²) in [6.45, 7) is 4.69. The minimum atomic E-state index is -0.371. The van der Waals surface area contributed by atoms with Crippen LogP contribution in [0.4, 0.5) is 4.39 Å². The molecule has 0 aliphatic carbocycles. The molecular weight excluding hydrogens is 397 g/mol. The van der Waals surface area contributed by atoms with Crippen LogP contribution < -0.4 is 10.9 Å². The molecule has 2 aromatic carbocycles. The van der Waals surface area contributed by atoms with Crippen molar-refractivity contribution >= 4 is 16.9 Å². The summed E-state index contributed by atoms with van der Waals surface area (Å²) in [4.78, 5) is 29.5. The number of nitrogens with zero attached hydrogens (tertiary/aromatic N) is 4. The quantitative estimate of drug-likeness (QED) is 0.521. The number of halogens is 1. The molecular formula is C23H22FN5O2. The third-order valence-corrected chi connectivity index (χ3v) is 5.01. The van der Waals surface area contributed by atoms with Crippen molar-refractivity contribution in [1.82, 2.24) is 24.6 Å². The summed E-state index contributed by atoms with van der Waals surface area (Å²) < 4.78 is 16.8. The summed E-state index contributed by atoms with van der Waals surface area (Å²) in [6.07, 6.45) is 2.84. The average molecular weight is 419 g/mol. The van der Waals surface area contributed by atoms with Gasteiger partial charge in [0.1, 0.15) is 17.5 Å². The third-order valence-electron chi connectivity index (χ3n) is 5.01. The molecule has 0 saturated carbocycles. The zero-order valence-electron chi connectivity index (χ0n) is 17.3. The molecule has 0 saturated heterocycles. The number of aromatic nitrogens is 4. The molecule has 31 heavy (non-hydrogen) atoms. The molecule has 158 valence electrons. The second-order valence-corrected chi connectivity index (χ2v) is 7.51. The first-order valence-electron chi connectivity index (χ1n) is 9.93. The van der Waals surface area contributed by atoms with Gasteiger partial charge in [0.05, 0.1) is 19.3 Å². The summed E-state index contributed by atoms with van der Waals surface area (Å²) in [6, 6.07) is 12.0. The van der Waals surface area contributed by atoms with Gasteiger partial charge in [-0.2, -0.15) is 5.10 Å². The Hall–Kier alpha value is -3.81. The van der Waals surface area contributed by atoms with Crippen LogP contribution in [0.2, 0.25) is 0 Å². The van der Waals surface area contributed by atoms with Crippen LogP contribution >= 0.6 is 0 Å². The molecule has 8 heteroatoms. The molecule has 0 spiro atoms. The number of nitrogens with one attached hydrogen (secondary N) is 1. The van der Waals surface area contributed by atoms with Crippen molar-refractivity contribution in [3.63, 3.8) is 0 Å². The second kappa shape index (κ2) is 8.51. The van der Waals surface area contributed by atoms with Crippen LogP contribution in [0.25, 0.3) is 11.0 Å². The van der Waals surface area contributed by atoms with E-state index in [1.54, 1.807) is 22.9 Å². The summed E-state index contributed by atoms with van der Waals surface area (Å²) in [5.41, 5.74) is 3.21. The molecule has 0 aliphatic heterocycles. The lowest BCUT2D eigenvalue weighted by atomic mass is 10.1. The maximum absolute atomic E-state index is 13.9. The van der Waals surface area contributed by atoms with E-state index in [4.69, 9.17) is 0 Å². The Kier molecular flexibility index (Phi) is 5.62. The second-order valence-electron chi connectivity index (χ2n) is 7.51. The summed E-state index contributed by atoms with van der Waals surface area (Å²) >= 11 is 0. The van der Waals surface area contributed by atoms with Crippen molar-refractivity contribution in [3.05, 3.63) is 93.4 Å². The highest BCUT2D eigenvalue weighted by atomic mass is 19.1. The summed E-state index contributed by atoms with van der Waals surface area (Å²) in [7, 11) is 0. The number of aryl methyl sites for hydroxylation is 2. The Labute approximate surface area is 178 Å². The number of benzene rings is 2. The lowest BCUT2D eigenvalue weighted by molar-refractivity contribution is 0.0952. The van der Waals surface area contributed by atoms with E-state index in [0.717, 1.165) is 11.1 Å². The molecule has 2 heterocycles. The third kappa shape index (κ3) is 4.37. The molecule has 1 N–H and O–H groups in total. The van der Waals surface area contributed by atoms with Gasteiger partial charge >= 0.3 is 0 Å². The lowest BCUT2D eigenvalue weighted by Gasteiger charge is -2.09. The van der Waals surface area contributed by atoms with Crippen LogP contribution in [0.5, 0.6) is 0 Å². The van der Waals surface area contributed by atoms with Gasteiger partial charge in [-0.05, 0) is 32.0 Å². The molecule has 2 aromatic heterocycles. The van der Waals surface area contributed by atoms with E-state index in [2.05, 4.69) is 15.4 Å². The number of carbonyl (C=O) groups is 1. The van der Waals surface area contributed by atoms with Crippen molar-refractivity contribution in [3.8, 4) is 0 Å². The fourth-order valence-electron chi connectivity index (χ4n) is 3.57. The van der Waals surface area contributed by atoms with Crippen molar-refractivity contribution in [2.45, 2.75) is 26.9 Å². The fourth-order valence-corrected chi connectivity index (χ4v) is 3.57. The molecule has 0 bridgehead atoms. The summed E-state index contributed by atoms with van der Waals surface area (Å²) in [5.74, 6) is -0.534. The number of amides is 1.